The largest absolute Gasteiger partial charge is 0.398 e. The zero-order valence-corrected chi connectivity index (χ0v) is 11.5. The molecule has 0 saturated carbocycles. The van der Waals surface area contributed by atoms with E-state index in [1.54, 1.807) is 4.68 Å². The lowest BCUT2D eigenvalue weighted by Crippen LogP contribution is -2.12. The van der Waals surface area contributed by atoms with Crippen LogP contribution in [0.4, 0.5) is 14.5 Å². The number of nitrogen functional groups attached to an aromatic ring is 1. The van der Waals surface area contributed by atoms with E-state index >= 15 is 0 Å². The molecular formula is C13H17F2N5. The summed E-state index contributed by atoms with van der Waals surface area (Å²) in [6.07, 6.45) is 1.98. The predicted molar refractivity (Wildman–Crippen MR) is 71.7 cm³/mol. The fourth-order valence-corrected chi connectivity index (χ4v) is 2.07. The molecule has 1 aromatic heterocycles. The van der Waals surface area contributed by atoms with Gasteiger partial charge in [-0.1, -0.05) is 26.7 Å². The van der Waals surface area contributed by atoms with Gasteiger partial charge in [0.15, 0.2) is 17.5 Å². The molecule has 0 bridgehead atoms. The molecule has 0 aliphatic carbocycles. The first-order valence-corrected chi connectivity index (χ1v) is 6.57. The van der Waals surface area contributed by atoms with Gasteiger partial charge in [-0.25, -0.2) is 13.5 Å². The van der Waals surface area contributed by atoms with Crippen LogP contribution in [-0.2, 0) is 6.54 Å². The van der Waals surface area contributed by atoms with Gasteiger partial charge in [-0.05, 0) is 22.4 Å². The summed E-state index contributed by atoms with van der Waals surface area (Å²) >= 11 is 0. The maximum atomic E-state index is 13.4. The molecule has 0 radical (unpaired) electrons. The summed E-state index contributed by atoms with van der Waals surface area (Å²) in [4.78, 5) is 0. The van der Waals surface area contributed by atoms with E-state index in [9.17, 15) is 8.78 Å². The number of halogens is 2. The minimum absolute atomic E-state index is 0.115. The summed E-state index contributed by atoms with van der Waals surface area (Å²) < 4.78 is 28.1. The summed E-state index contributed by atoms with van der Waals surface area (Å²) in [5.41, 5.74) is 6.15. The molecule has 0 spiro atoms. The van der Waals surface area contributed by atoms with E-state index in [2.05, 4.69) is 29.4 Å². The minimum Gasteiger partial charge on any atom is -0.398 e. The second kappa shape index (κ2) is 5.94. The third-order valence-electron chi connectivity index (χ3n) is 3.45. The van der Waals surface area contributed by atoms with Crippen LogP contribution >= 0.6 is 0 Å². The van der Waals surface area contributed by atoms with E-state index in [0.29, 0.717) is 23.9 Å². The lowest BCUT2D eigenvalue weighted by Gasteiger charge is -2.13. The summed E-state index contributed by atoms with van der Waals surface area (Å²) in [5.74, 6) is -1.17. The fourth-order valence-electron chi connectivity index (χ4n) is 2.07. The standard InChI is InChI=1S/C13H17F2N5/c1-3-8(4-2)7-20-13(17-18-19-20)9-5-10(14)11(15)6-12(9)16/h5-6,8H,3-4,7,16H2,1-2H3. The highest BCUT2D eigenvalue weighted by molar-refractivity contribution is 5.71. The van der Waals surface area contributed by atoms with Gasteiger partial charge in [-0.3, -0.25) is 0 Å². The minimum atomic E-state index is -0.981. The predicted octanol–water partition coefficient (Wildman–Crippen LogP) is 2.64. The molecule has 1 heterocycles. The maximum absolute atomic E-state index is 13.4. The SMILES string of the molecule is CCC(CC)Cn1nnnc1-c1cc(F)c(F)cc1N. The van der Waals surface area contributed by atoms with Crippen LogP contribution in [0, 0.1) is 17.6 Å². The number of hydrogen-bond acceptors (Lipinski definition) is 4. The van der Waals surface area contributed by atoms with Crippen LogP contribution in [0.25, 0.3) is 11.4 Å². The van der Waals surface area contributed by atoms with Crippen molar-refractivity contribution >= 4 is 5.69 Å². The highest BCUT2D eigenvalue weighted by Gasteiger charge is 2.17. The number of hydrogen-bond donors (Lipinski definition) is 1. The van der Waals surface area contributed by atoms with Crippen LogP contribution in [0.3, 0.4) is 0 Å². The van der Waals surface area contributed by atoms with E-state index in [4.69, 9.17) is 5.73 Å². The lowest BCUT2D eigenvalue weighted by molar-refractivity contribution is 0.392. The lowest BCUT2D eigenvalue weighted by atomic mass is 10.0. The van der Waals surface area contributed by atoms with Crippen LogP contribution < -0.4 is 5.73 Å². The Kier molecular flexibility index (Phi) is 4.26. The van der Waals surface area contributed by atoms with Gasteiger partial charge in [0.2, 0.25) is 0 Å². The van der Waals surface area contributed by atoms with Crippen LogP contribution in [0.5, 0.6) is 0 Å². The Balaban J connectivity index is 2.39. The molecule has 0 aliphatic heterocycles. The zero-order valence-electron chi connectivity index (χ0n) is 11.5. The molecule has 20 heavy (non-hydrogen) atoms. The number of anilines is 1. The van der Waals surface area contributed by atoms with Crippen molar-refractivity contribution in [3.05, 3.63) is 23.8 Å². The topological polar surface area (TPSA) is 69.6 Å². The Labute approximate surface area is 115 Å². The number of nitrogens with zero attached hydrogens (tertiary/aromatic N) is 4. The maximum Gasteiger partial charge on any atom is 0.184 e. The van der Waals surface area contributed by atoms with Crippen LogP contribution in [-0.4, -0.2) is 20.2 Å². The van der Waals surface area contributed by atoms with Gasteiger partial charge in [0.25, 0.3) is 0 Å². The first-order chi connectivity index (χ1) is 9.56. The molecule has 0 unspecified atom stereocenters. The third-order valence-corrected chi connectivity index (χ3v) is 3.45. The molecule has 108 valence electrons. The Morgan fingerprint density at radius 1 is 1.20 bits per heavy atom. The monoisotopic (exact) mass is 281 g/mol. The van der Waals surface area contributed by atoms with Crippen molar-refractivity contribution in [2.75, 3.05) is 5.73 Å². The van der Waals surface area contributed by atoms with E-state index in [-0.39, 0.29) is 5.69 Å². The van der Waals surface area contributed by atoms with Crippen molar-refractivity contribution in [2.45, 2.75) is 33.2 Å². The molecule has 2 aromatic rings. The summed E-state index contributed by atoms with van der Waals surface area (Å²) in [7, 11) is 0. The Bertz CT molecular complexity index is 592. The number of benzene rings is 1. The molecule has 0 amide bonds. The molecule has 0 atom stereocenters. The summed E-state index contributed by atoms with van der Waals surface area (Å²) in [6.45, 7) is 4.79. The first kappa shape index (κ1) is 14.4. The molecule has 2 rings (SSSR count). The van der Waals surface area contributed by atoms with Crippen LogP contribution in [0.15, 0.2) is 12.1 Å². The number of rotatable bonds is 5. The van der Waals surface area contributed by atoms with Gasteiger partial charge in [0, 0.05) is 23.9 Å². The van der Waals surface area contributed by atoms with E-state index in [0.717, 1.165) is 25.0 Å². The fraction of sp³-hybridized carbons (Fsp3) is 0.462. The Morgan fingerprint density at radius 2 is 1.85 bits per heavy atom. The summed E-state index contributed by atoms with van der Waals surface area (Å²) in [6, 6.07) is 1.97. The highest BCUT2D eigenvalue weighted by atomic mass is 19.2. The van der Waals surface area contributed by atoms with Gasteiger partial charge < -0.3 is 5.73 Å². The van der Waals surface area contributed by atoms with Gasteiger partial charge >= 0.3 is 0 Å². The molecule has 2 N–H and O–H groups in total. The Hall–Kier alpha value is -2.05. The third kappa shape index (κ3) is 2.76. The van der Waals surface area contributed by atoms with E-state index in [1.807, 2.05) is 0 Å². The molecular weight excluding hydrogens is 264 g/mol. The number of aromatic nitrogens is 4. The van der Waals surface area contributed by atoms with Crippen molar-refractivity contribution in [1.29, 1.82) is 0 Å². The van der Waals surface area contributed by atoms with Crippen molar-refractivity contribution in [1.82, 2.24) is 20.2 Å². The number of tetrazole rings is 1. The highest BCUT2D eigenvalue weighted by Crippen LogP contribution is 2.26. The van der Waals surface area contributed by atoms with Crippen LogP contribution in [0.1, 0.15) is 26.7 Å². The number of nitrogens with two attached hydrogens (primary N) is 1. The smallest absolute Gasteiger partial charge is 0.184 e. The van der Waals surface area contributed by atoms with Crippen molar-refractivity contribution in [3.63, 3.8) is 0 Å². The molecule has 0 aliphatic rings. The Morgan fingerprint density at radius 3 is 2.50 bits per heavy atom. The molecule has 5 nitrogen and oxygen atoms in total. The van der Waals surface area contributed by atoms with E-state index < -0.39 is 11.6 Å². The second-order valence-electron chi connectivity index (χ2n) is 4.72. The normalized spacial score (nSPS) is 11.2. The van der Waals surface area contributed by atoms with Gasteiger partial charge in [0.05, 0.1) is 0 Å². The van der Waals surface area contributed by atoms with Gasteiger partial charge in [-0.2, -0.15) is 0 Å². The summed E-state index contributed by atoms with van der Waals surface area (Å²) in [5, 5.41) is 11.4. The average Bonchev–Trinajstić information content (AvgIpc) is 2.88. The van der Waals surface area contributed by atoms with Gasteiger partial charge in [-0.15, -0.1) is 5.10 Å². The zero-order chi connectivity index (χ0) is 14.7. The van der Waals surface area contributed by atoms with Crippen LogP contribution in [0.2, 0.25) is 0 Å². The van der Waals surface area contributed by atoms with Crippen molar-refractivity contribution in [3.8, 4) is 11.4 Å². The molecule has 0 fully saturated rings. The molecule has 7 heteroatoms. The van der Waals surface area contributed by atoms with Gasteiger partial charge in [0.1, 0.15) is 0 Å². The second-order valence-corrected chi connectivity index (χ2v) is 4.72. The average molecular weight is 281 g/mol. The van der Waals surface area contributed by atoms with Crippen molar-refractivity contribution < 1.29 is 8.78 Å². The first-order valence-electron chi connectivity index (χ1n) is 6.57. The van der Waals surface area contributed by atoms with E-state index in [1.165, 1.54) is 0 Å². The molecule has 1 aromatic carbocycles. The quantitative estimate of drug-likeness (QED) is 0.855. The molecule has 0 saturated heterocycles. The van der Waals surface area contributed by atoms with Crippen molar-refractivity contribution in [2.24, 2.45) is 5.92 Å².